The number of rotatable bonds is 2. The van der Waals surface area contributed by atoms with Crippen molar-refractivity contribution in [3.8, 4) is 0 Å². The smallest absolute Gasteiger partial charge is 0.337 e. The van der Waals surface area contributed by atoms with Gasteiger partial charge in [0.05, 0.1) is 5.56 Å². The summed E-state index contributed by atoms with van der Waals surface area (Å²) in [6.45, 7) is 4.15. The standard InChI is InChI=1S/C13H15NO2/c1-8(2)9-5-4-6-11-12(9)10(13(15)16)7-14(11)3/h4-8H,1-3H3,(H,15,16). The van der Waals surface area contributed by atoms with Crippen LogP contribution < -0.4 is 0 Å². The van der Waals surface area contributed by atoms with E-state index < -0.39 is 5.97 Å². The average Bonchev–Trinajstić information content (AvgIpc) is 2.56. The van der Waals surface area contributed by atoms with Crippen molar-refractivity contribution in [1.82, 2.24) is 4.57 Å². The molecule has 0 amide bonds. The zero-order valence-electron chi connectivity index (χ0n) is 9.69. The lowest BCUT2D eigenvalue weighted by Crippen LogP contribution is -1.97. The van der Waals surface area contributed by atoms with Gasteiger partial charge in [0, 0.05) is 24.1 Å². The fourth-order valence-electron chi connectivity index (χ4n) is 2.12. The monoisotopic (exact) mass is 217 g/mol. The van der Waals surface area contributed by atoms with E-state index in [0.717, 1.165) is 16.5 Å². The maximum atomic E-state index is 11.2. The Kier molecular flexibility index (Phi) is 2.46. The molecule has 3 nitrogen and oxygen atoms in total. The molecule has 3 heteroatoms. The van der Waals surface area contributed by atoms with Crippen molar-refractivity contribution >= 4 is 16.9 Å². The predicted octanol–water partition coefficient (Wildman–Crippen LogP) is 3.00. The van der Waals surface area contributed by atoms with Crippen LogP contribution in [0.5, 0.6) is 0 Å². The number of carboxylic acid groups (broad SMARTS) is 1. The van der Waals surface area contributed by atoms with Crippen LogP contribution in [0.3, 0.4) is 0 Å². The summed E-state index contributed by atoms with van der Waals surface area (Å²) in [6, 6.07) is 5.93. The largest absolute Gasteiger partial charge is 0.478 e. The summed E-state index contributed by atoms with van der Waals surface area (Å²) in [5.74, 6) is -0.539. The Morgan fingerprint density at radius 2 is 2.06 bits per heavy atom. The number of aromatic nitrogens is 1. The van der Waals surface area contributed by atoms with E-state index in [2.05, 4.69) is 13.8 Å². The first-order valence-electron chi connectivity index (χ1n) is 5.33. The minimum atomic E-state index is -0.862. The molecular weight excluding hydrogens is 202 g/mol. The van der Waals surface area contributed by atoms with Gasteiger partial charge in [0.2, 0.25) is 0 Å². The van der Waals surface area contributed by atoms with E-state index in [0.29, 0.717) is 11.5 Å². The third-order valence-electron chi connectivity index (χ3n) is 2.90. The summed E-state index contributed by atoms with van der Waals surface area (Å²) in [7, 11) is 1.87. The van der Waals surface area contributed by atoms with Crippen molar-refractivity contribution in [2.24, 2.45) is 7.05 Å². The number of hydrogen-bond acceptors (Lipinski definition) is 1. The summed E-state index contributed by atoms with van der Waals surface area (Å²) in [4.78, 5) is 11.2. The molecular formula is C13H15NO2. The predicted molar refractivity (Wildman–Crippen MR) is 64.0 cm³/mol. The number of aromatic carboxylic acids is 1. The second kappa shape index (κ2) is 3.67. The number of fused-ring (bicyclic) bond motifs is 1. The molecule has 1 N–H and O–H groups in total. The van der Waals surface area contributed by atoms with Crippen molar-refractivity contribution < 1.29 is 9.90 Å². The van der Waals surface area contributed by atoms with Gasteiger partial charge in [-0.2, -0.15) is 0 Å². The Bertz CT molecular complexity index is 552. The van der Waals surface area contributed by atoms with Crippen LogP contribution in [0.2, 0.25) is 0 Å². The lowest BCUT2D eigenvalue weighted by molar-refractivity contribution is 0.0699. The van der Waals surface area contributed by atoms with Gasteiger partial charge in [-0.3, -0.25) is 0 Å². The van der Waals surface area contributed by atoms with Crippen molar-refractivity contribution in [2.45, 2.75) is 19.8 Å². The van der Waals surface area contributed by atoms with Crippen molar-refractivity contribution in [1.29, 1.82) is 0 Å². The van der Waals surface area contributed by atoms with E-state index in [9.17, 15) is 9.90 Å². The van der Waals surface area contributed by atoms with Crippen LogP contribution in [-0.4, -0.2) is 15.6 Å². The summed E-state index contributed by atoms with van der Waals surface area (Å²) < 4.78 is 1.87. The first-order valence-corrected chi connectivity index (χ1v) is 5.33. The van der Waals surface area contributed by atoms with Gasteiger partial charge < -0.3 is 9.67 Å². The summed E-state index contributed by atoms with van der Waals surface area (Å²) in [5.41, 5.74) is 2.46. The fourth-order valence-corrected chi connectivity index (χ4v) is 2.12. The Hall–Kier alpha value is -1.77. The molecule has 1 heterocycles. The lowest BCUT2D eigenvalue weighted by atomic mass is 9.97. The zero-order chi connectivity index (χ0) is 11.9. The molecule has 1 aromatic heterocycles. The van der Waals surface area contributed by atoms with Crippen LogP contribution in [-0.2, 0) is 7.05 Å². The van der Waals surface area contributed by atoms with Crippen LogP contribution in [0.1, 0.15) is 35.7 Å². The molecule has 0 spiro atoms. The topological polar surface area (TPSA) is 42.2 Å². The van der Waals surface area contributed by atoms with Crippen molar-refractivity contribution in [3.63, 3.8) is 0 Å². The van der Waals surface area contributed by atoms with Crippen LogP contribution in [0.15, 0.2) is 24.4 Å². The number of aryl methyl sites for hydroxylation is 1. The minimum Gasteiger partial charge on any atom is -0.478 e. The van der Waals surface area contributed by atoms with E-state index in [1.807, 2.05) is 29.8 Å². The highest BCUT2D eigenvalue weighted by molar-refractivity contribution is 6.05. The Morgan fingerprint density at radius 1 is 1.38 bits per heavy atom. The molecule has 2 rings (SSSR count). The van der Waals surface area contributed by atoms with E-state index >= 15 is 0 Å². The normalized spacial score (nSPS) is 11.2. The number of nitrogens with zero attached hydrogens (tertiary/aromatic N) is 1. The van der Waals surface area contributed by atoms with Crippen molar-refractivity contribution in [2.75, 3.05) is 0 Å². The second-order valence-electron chi connectivity index (χ2n) is 4.35. The quantitative estimate of drug-likeness (QED) is 0.840. The first-order chi connectivity index (χ1) is 7.52. The van der Waals surface area contributed by atoms with Gasteiger partial charge in [-0.15, -0.1) is 0 Å². The summed E-state index contributed by atoms with van der Waals surface area (Å²) in [6.07, 6.45) is 1.68. The molecule has 16 heavy (non-hydrogen) atoms. The molecule has 0 atom stereocenters. The molecule has 0 bridgehead atoms. The van der Waals surface area contributed by atoms with E-state index in [1.54, 1.807) is 6.20 Å². The van der Waals surface area contributed by atoms with E-state index in [4.69, 9.17) is 0 Å². The average molecular weight is 217 g/mol. The third-order valence-corrected chi connectivity index (χ3v) is 2.90. The molecule has 84 valence electrons. The van der Waals surface area contributed by atoms with Crippen LogP contribution in [0.25, 0.3) is 10.9 Å². The van der Waals surface area contributed by atoms with Crippen LogP contribution in [0, 0.1) is 0 Å². The van der Waals surface area contributed by atoms with Gasteiger partial charge in [-0.1, -0.05) is 26.0 Å². The maximum absolute atomic E-state index is 11.2. The first kappa shape index (κ1) is 10.7. The SMILES string of the molecule is CC(C)c1cccc2c1c(C(=O)O)cn2C. The molecule has 0 fully saturated rings. The second-order valence-corrected chi connectivity index (χ2v) is 4.35. The van der Waals surface area contributed by atoms with Gasteiger partial charge >= 0.3 is 5.97 Å². The highest BCUT2D eigenvalue weighted by Gasteiger charge is 2.16. The molecule has 0 aliphatic carbocycles. The van der Waals surface area contributed by atoms with Crippen LogP contribution in [0.4, 0.5) is 0 Å². The molecule has 0 saturated heterocycles. The number of carbonyl (C=O) groups is 1. The van der Waals surface area contributed by atoms with Crippen molar-refractivity contribution in [3.05, 3.63) is 35.5 Å². The number of carboxylic acids is 1. The number of benzene rings is 1. The molecule has 1 aromatic carbocycles. The maximum Gasteiger partial charge on any atom is 0.337 e. The highest BCUT2D eigenvalue weighted by atomic mass is 16.4. The Morgan fingerprint density at radius 3 is 2.62 bits per heavy atom. The lowest BCUT2D eigenvalue weighted by Gasteiger charge is -2.08. The van der Waals surface area contributed by atoms with E-state index in [-0.39, 0.29) is 0 Å². The molecule has 0 unspecified atom stereocenters. The fraction of sp³-hybridized carbons (Fsp3) is 0.308. The van der Waals surface area contributed by atoms with Crippen LogP contribution >= 0.6 is 0 Å². The Labute approximate surface area is 94.3 Å². The van der Waals surface area contributed by atoms with Gasteiger partial charge in [0.1, 0.15) is 0 Å². The zero-order valence-corrected chi connectivity index (χ0v) is 9.69. The highest BCUT2D eigenvalue weighted by Crippen LogP contribution is 2.29. The number of hydrogen-bond donors (Lipinski definition) is 1. The van der Waals surface area contributed by atoms with Gasteiger partial charge in [0.15, 0.2) is 0 Å². The Balaban J connectivity index is 2.88. The summed E-state index contributed by atoms with van der Waals surface area (Å²) in [5, 5.41) is 10.1. The molecule has 2 aromatic rings. The van der Waals surface area contributed by atoms with Gasteiger partial charge in [-0.25, -0.2) is 4.79 Å². The molecule has 0 saturated carbocycles. The minimum absolute atomic E-state index is 0.323. The van der Waals surface area contributed by atoms with E-state index in [1.165, 1.54) is 0 Å². The molecule has 0 aliphatic rings. The molecule has 0 aliphatic heterocycles. The summed E-state index contributed by atoms with van der Waals surface area (Å²) >= 11 is 0. The van der Waals surface area contributed by atoms with Gasteiger partial charge in [-0.05, 0) is 17.5 Å². The van der Waals surface area contributed by atoms with Gasteiger partial charge in [0.25, 0.3) is 0 Å². The third kappa shape index (κ3) is 1.48. The molecule has 0 radical (unpaired) electrons.